The highest BCUT2D eigenvalue weighted by Gasteiger charge is 2.31. The van der Waals surface area contributed by atoms with Crippen molar-refractivity contribution in [3.63, 3.8) is 0 Å². The minimum atomic E-state index is -0.822. The Kier molecular flexibility index (Phi) is 4.18. The van der Waals surface area contributed by atoms with E-state index >= 15 is 0 Å². The molecule has 2 fully saturated rings. The molecule has 4 heteroatoms. The molecule has 0 spiro atoms. The number of nitrogens with zero attached hydrogens (tertiary/aromatic N) is 1. The number of rotatable bonds is 4. The molecule has 0 aromatic heterocycles. The quantitative estimate of drug-likeness (QED) is 0.723. The third kappa shape index (κ3) is 3.30. The summed E-state index contributed by atoms with van der Waals surface area (Å²) in [5.41, 5.74) is 0.427. The van der Waals surface area contributed by atoms with Crippen LogP contribution in [0, 0.1) is 0 Å². The first kappa shape index (κ1) is 12.6. The third-order valence-electron chi connectivity index (χ3n) is 3.97. The van der Waals surface area contributed by atoms with Crippen LogP contribution < -0.4 is 5.32 Å². The minimum absolute atomic E-state index is 0.427. The zero-order chi connectivity index (χ0) is 12.3. The molecule has 2 unspecified atom stereocenters. The Balaban J connectivity index is 1.73. The smallest absolute Gasteiger partial charge is 0.330 e. The zero-order valence-electron chi connectivity index (χ0n) is 10.5. The predicted octanol–water partition coefficient (Wildman–Crippen LogP) is 1.23. The molecule has 96 valence electrons. The van der Waals surface area contributed by atoms with E-state index in [0.29, 0.717) is 18.2 Å². The highest BCUT2D eigenvalue weighted by molar-refractivity contribution is 5.85. The SMILES string of the molecule is CC(=CCNC1CCN2CCCC2C1)C(=O)O. The van der Waals surface area contributed by atoms with E-state index in [0.717, 1.165) is 6.04 Å². The maximum atomic E-state index is 10.6. The Morgan fingerprint density at radius 1 is 1.47 bits per heavy atom. The van der Waals surface area contributed by atoms with Crippen molar-refractivity contribution in [3.05, 3.63) is 11.6 Å². The molecule has 0 bridgehead atoms. The number of carboxylic acid groups (broad SMARTS) is 1. The van der Waals surface area contributed by atoms with Crippen molar-refractivity contribution in [3.8, 4) is 0 Å². The van der Waals surface area contributed by atoms with E-state index < -0.39 is 5.97 Å². The molecule has 0 aromatic carbocycles. The van der Waals surface area contributed by atoms with Gasteiger partial charge in [0.2, 0.25) is 0 Å². The predicted molar refractivity (Wildman–Crippen MR) is 67.0 cm³/mol. The van der Waals surface area contributed by atoms with Crippen LogP contribution in [0.25, 0.3) is 0 Å². The van der Waals surface area contributed by atoms with Crippen LogP contribution in [0.4, 0.5) is 0 Å². The van der Waals surface area contributed by atoms with E-state index in [1.165, 1.54) is 38.8 Å². The molecule has 2 rings (SSSR count). The molecule has 2 N–H and O–H groups in total. The zero-order valence-corrected chi connectivity index (χ0v) is 10.5. The second-order valence-corrected chi connectivity index (χ2v) is 5.15. The molecule has 2 heterocycles. The largest absolute Gasteiger partial charge is 0.478 e. The summed E-state index contributed by atoms with van der Waals surface area (Å²) in [4.78, 5) is 13.2. The van der Waals surface area contributed by atoms with Crippen LogP contribution in [0.15, 0.2) is 11.6 Å². The van der Waals surface area contributed by atoms with Gasteiger partial charge in [0, 0.05) is 24.2 Å². The van der Waals surface area contributed by atoms with Gasteiger partial charge in [-0.1, -0.05) is 6.08 Å². The van der Waals surface area contributed by atoms with Crippen LogP contribution in [0.5, 0.6) is 0 Å². The molecule has 0 aromatic rings. The van der Waals surface area contributed by atoms with E-state index in [-0.39, 0.29) is 0 Å². The van der Waals surface area contributed by atoms with Gasteiger partial charge in [0.05, 0.1) is 0 Å². The molecule has 0 radical (unpaired) electrons. The van der Waals surface area contributed by atoms with Crippen LogP contribution >= 0.6 is 0 Å². The van der Waals surface area contributed by atoms with Crippen molar-refractivity contribution in [2.45, 2.75) is 44.7 Å². The first-order valence-corrected chi connectivity index (χ1v) is 6.54. The lowest BCUT2D eigenvalue weighted by Crippen LogP contribution is -2.45. The Morgan fingerprint density at radius 3 is 3.06 bits per heavy atom. The summed E-state index contributed by atoms with van der Waals surface area (Å²) in [5, 5.41) is 12.2. The van der Waals surface area contributed by atoms with Crippen molar-refractivity contribution >= 4 is 5.97 Å². The number of fused-ring (bicyclic) bond motifs is 1. The van der Waals surface area contributed by atoms with Gasteiger partial charge in [-0.25, -0.2) is 4.79 Å². The first-order chi connectivity index (χ1) is 8.16. The lowest BCUT2D eigenvalue weighted by molar-refractivity contribution is -0.132. The van der Waals surface area contributed by atoms with E-state index in [1.54, 1.807) is 13.0 Å². The fourth-order valence-corrected chi connectivity index (χ4v) is 2.88. The lowest BCUT2D eigenvalue weighted by Gasteiger charge is -2.35. The van der Waals surface area contributed by atoms with Gasteiger partial charge >= 0.3 is 5.97 Å². The Bertz CT molecular complexity index is 315. The van der Waals surface area contributed by atoms with Crippen molar-refractivity contribution in [2.24, 2.45) is 0 Å². The minimum Gasteiger partial charge on any atom is -0.478 e. The number of nitrogens with one attached hydrogen (secondary N) is 1. The third-order valence-corrected chi connectivity index (χ3v) is 3.97. The molecular weight excluding hydrogens is 216 g/mol. The topological polar surface area (TPSA) is 52.6 Å². The van der Waals surface area contributed by atoms with Crippen LogP contribution in [0.3, 0.4) is 0 Å². The second kappa shape index (κ2) is 5.65. The second-order valence-electron chi connectivity index (χ2n) is 5.15. The number of piperidine rings is 1. The van der Waals surface area contributed by atoms with Gasteiger partial charge < -0.3 is 15.3 Å². The Labute approximate surface area is 103 Å². The van der Waals surface area contributed by atoms with Gasteiger partial charge in [0.15, 0.2) is 0 Å². The van der Waals surface area contributed by atoms with Gasteiger partial charge in [-0.15, -0.1) is 0 Å². The number of aliphatic carboxylic acids is 1. The van der Waals surface area contributed by atoms with Crippen LogP contribution in [0.2, 0.25) is 0 Å². The van der Waals surface area contributed by atoms with E-state index in [1.807, 2.05) is 0 Å². The maximum Gasteiger partial charge on any atom is 0.330 e. The number of hydrogen-bond donors (Lipinski definition) is 2. The van der Waals surface area contributed by atoms with Crippen molar-refractivity contribution < 1.29 is 9.90 Å². The molecule has 2 aliphatic heterocycles. The fourth-order valence-electron chi connectivity index (χ4n) is 2.88. The molecule has 2 atom stereocenters. The van der Waals surface area contributed by atoms with Crippen molar-refractivity contribution in [1.82, 2.24) is 10.2 Å². The standard InChI is InChI=1S/C13H22N2O2/c1-10(13(16)17)4-6-14-11-5-8-15-7-2-3-12(15)9-11/h4,11-12,14H,2-3,5-9H2,1H3,(H,16,17). The van der Waals surface area contributed by atoms with E-state index in [4.69, 9.17) is 5.11 Å². The molecule has 0 amide bonds. The average Bonchev–Trinajstić information content (AvgIpc) is 2.75. The first-order valence-electron chi connectivity index (χ1n) is 6.54. The summed E-state index contributed by atoms with van der Waals surface area (Å²) in [6.07, 6.45) is 6.86. The number of carbonyl (C=O) groups is 1. The highest BCUT2D eigenvalue weighted by atomic mass is 16.4. The highest BCUT2D eigenvalue weighted by Crippen LogP contribution is 2.26. The molecular formula is C13H22N2O2. The summed E-state index contributed by atoms with van der Waals surface area (Å²) in [7, 11) is 0. The Morgan fingerprint density at radius 2 is 2.29 bits per heavy atom. The summed E-state index contributed by atoms with van der Waals surface area (Å²) in [5.74, 6) is -0.822. The fraction of sp³-hybridized carbons (Fsp3) is 0.769. The average molecular weight is 238 g/mol. The van der Waals surface area contributed by atoms with Gasteiger partial charge in [-0.2, -0.15) is 0 Å². The summed E-state index contributed by atoms with van der Waals surface area (Å²) in [6, 6.07) is 1.33. The number of carboxylic acids is 1. The summed E-state index contributed by atoms with van der Waals surface area (Å²) in [6.45, 7) is 4.79. The van der Waals surface area contributed by atoms with Gasteiger partial charge in [-0.3, -0.25) is 0 Å². The molecule has 2 saturated heterocycles. The molecule has 0 aliphatic carbocycles. The maximum absolute atomic E-state index is 10.6. The van der Waals surface area contributed by atoms with Gasteiger partial charge in [-0.05, 0) is 45.7 Å². The van der Waals surface area contributed by atoms with Crippen molar-refractivity contribution in [2.75, 3.05) is 19.6 Å². The Hall–Kier alpha value is -0.870. The van der Waals surface area contributed by atoms with Crippen LogP contribution in [-0.4, -0.2) is 47.7 Å². The van der Waals surface area contributed by atoms with E-state index in [2.05, 4.69) is 10.2 Å². The normalized spacial score (nSPS) is 30.3. The number of hydrogen-bond acceptors (Lipinski definition) is 3. The summed E-state index contributed by atoms with van der Waals surface area (Å²) < 4.78 is 0. The molecule has 2 aliphatic rings. The van der Waals surface area contributed by atoms with Crippen LogP contribution in [0.1, 0.15) is 32.6 Å². The van der Waals surface area contributed by atoms with Gasteiger partial charge in [0.25, 0.3) is 0 Å². The molecule has 0 saturated carbocycles. The lowest BCUT2D eigenvalue weighted by atomic mass is 9.97. The molecule has 17 heavy (non-hydrogen) atoms. The monoisotopic (exact) mass is 238 g/mol. The summed E-state index contributed by atoms with van der Waals surface area (Å²) >= 11 is 0. The molecule has 4 nitrogen and oxygen atoms in total. The van der Waals surface area contributed by atoms with E-state index in [9.17, 15) is 4.79 Å². The van der Waals surface area contributed by atoms with Gasteiger partial charge in [0.1, 0.15) is 0 Å². The van der Waals surface area contributed by atoms with Crippen LogP contribution in [-0.2, 0) is 4.79 Å². The van der Waals surface area contributed by atoms with Crippen molar-refractivity contribution in [1.29, 1.82) is 0 Å².